The van der Waals surface area contributed by atoms with Gasteiger partial charge in [0.1, 0.15) is 0 Å². The number of hydrogen-bond acceptors (Lipinski definition) is 3. The smallest absolute Gasteiger partial charge is 0.199 e. The molecule has 0 rings (SSSR count). The van der Waals surface area contributed by atoms with Gasteiger partial charge in [-0.15, -0.1) is 0 Å². The van der Waals surface area contributed by atoms with Crippen molar-refractivity contribution < 1.29 is 8.76 Å². The Balaban J connectivity index is 3.56. The fraction of sp³-hybridized carbons (Fsp3) is 0.500. The first-order chi connectivity index (χ1) is 3.66. The first kappa shape index (κ1) is 7.38. The van der Waals surface area contributed by atoms with E-state index in [9.17, 15) is 8.76 Å². The van der Waals surface area contributed by atoms with Crippen molar-refractivity contribution >= 4 is 17.2 Å². The van der Waals surface area contributed by atoms with Gasteiger partial charge in [0.2, 0.25) is 0 Å². The molecule has 0 aliphatic rings. The van der Waals surface area contributed by atoms with Crippen LogP contribution in [-0.4, -0.2) is 21.8 Å². The summed E-state index contributed by atoms with van der Waals surface area (Å²) in [6.45, 7) is 0. The molecule has 0 aromatic rings. The van der Waals surface area contributed by atoms with Gasteiger partial charge in [-0.3, -0.25) is 13.9 Å². The van der Waals surface area contributed by atoms with Gasteiger partial charge in [-0.2, -0.15) is 0 Å². The highest BCUT2D eigenvalue weighted by atomic mass is 32.2. The number of aliphatic imine (C=N–C) groups is 1. The summed E-state index contributed by atoms with van der Waals surface area (Å²) in [5, 5.41) is 0. The Bertz CT molecular complexity index is 122. The van der Waals surface area contributed by atoms with Gasteiger partial charge >= 0.3 is 0 Å². The largest absolute Gasteiger partial charge is 0.755 e. The minimum atomic E-state index is -2.35. The normalized spacial score (nSPS) is 15.5. The highest BCUT2D eigenvalue weighted by Crippen LogP contribution is 1.60. The van der Waals surface area contributed by atoms with Crippen molar-refractivity contribution in [1.29, 1.82) is 0 Å². The average Bonchev–Trinajstić information content (AvgIpc) is 1.65. The van der Waals surface area contributed by atoms with Crippen LogP contribution in [0.1, 0.15) is 0 Å². The number of rotatable bonds is 1. The van der Waals surface area contributed by atoms with E-state index >= 15 is 0 Å². The lowest BCUT2D eigenvalue weighted by Gasteiger charge is -2.04. The Hall–Kier alpha value is -0.620. The molecule has 5 nitrogen and oxygen atoms in total. The minimum absolute atomic E-state index is 0.113. The Morgan fingerprint density at radius 3 is 2.62 bits per heavy atom. The summed E-state index contributed by atoms with van der Waals surface area (Å²) in [5.41, 5.74) is 4.92. The molecule has 0 aliphatic heterocycles. The number of nitrogens with one attached hydrogen (secondary N) is 1. The van der Waals surface area contributed by atoms with E-state index in [0.717, 1.165) is 0 Å². The van der Waals surface area contributed by atoms with E-state index in [1.54, 1.807) is 0 Å². The summed E-state index contributed by atoms with van der Waals surface area (Å²) < 4.78 is 21.2. The minimum Gasteiger partial charge on any atom is -0.755 e. The van der Waals surface area contributed by atoms with Crippen LogP contribution in [-0.2, 0) is 11.3 Å². The maximum Gasteiger partial charge on any atom is 0.199 e. The van der Waals surface area contributed by atoms with Crippen LogP contribution in [0, 0.1) is 0 Å². The summed E-state index contributed by atoms with van der Waals surface area (Å²) in [6, 6.07) is 0. The molecular weight excluding hydrogens is 130 g/mol. The van der Waals surface area contributed by atoms with Gasteiger partial charge in [-0.1, -0.05) is 0 Å². The fourth-order valence-corrected chi connectivity index (χ4v) is 0.393. The van der Waals surface area contributed by atoms with E-state index in [-0.39, 0.29) is 5.96 Å². The first-order valence-electron chi connectivity index (χ1n) is 1.75. The van der Waals surface area contributed by atoms with Gasteiger partial charge in [0.05, 0.1) is 0 Å². The number of nitrogens with zero attached hydrogens (tertiary/aromatic N) is 1. The highest BCUT2D eigenvalue weighted by Gasteiger charge is 1.82. The molecule has 6 heteroatoms. The lowest BCUT2D eigenvalue weighted by atomic mass is 11.1. The van der Waals surface area contributed by atoms with E-state index in [1.807, 2.05) is 4.72 Å². The molecule has 0 radical (unpaired) electrons. The highest BCUT2D eigenvalue weighted by molar-refractivity contribution is 7.77. The van der Waals surface area contributed by atoms with Gasteiger partial charge in [0, 0.05) is 18.3 Å². The molecule has 8 heavy (non-hydrogen) atoms. The molecule has 1 atom stereocenters. The maximum absolute atomic E-state index is 9.70. The standard InChI is InChI=1S/C2H7N3O2S/c1-4-2(3)5-8(6)7/h1H3,(H,6,7)(H3,3,4,5)/p-1. The average molecular weight is 136 g/mol. The lowest BCUT2D eigenvalue weighted by molar-refractivity contribution is 0.533. The number of guanidine groups is 1. The van der Waals surface area contributed by atoms with Crippen LogP contribution in [0.3, 0.4) is 0 Å². The Morgan fingerprint density at radius 1 is 2.00 bits per heavy atom. The molecule has 0 aromatic carbocycles. The summed E-state index contributed by atoms with van der Waals surface area (Å²) >= 11 is -2.35. The van der Waals surface area contributed by atoms with Crippen molar-refractivity contribution in [3.05, 3.63) is 0 Å². The topological polar surface area (TPSA) is 90.5 Å². The zero-order chi connectivity index (χ0) is 6.57. The zero-order valence-electron chi connectivity index (χ0n) is 4.25. The molecule has 0 fully saturated rings. The van der Waals surface area contributed by atoms with Gasteiger partial charge in [-0.05, 0) is 0 Å². The van der Waals surface area contributed by atoms with Crippen LogP contribution in [0.15, 0.2) is 4.99 Å². The Morgan fingerprint density at radius 2 is 2.50 bits per heavy atom. The molecule has 1 unspecified atom stereocenters. The van der Waals surface area contributed by atoms with Crippen LogP contribution in [0.4, 0.5) is 0 Å². The molecule has 48 valence electrons. The quantitative estimate of drug-likeness (QED) is 0.256. The number of hydrogen-bond donors (Lipinski definition) is 2. The monoisotopic (exact) mass is 136 g/mol. The van der Waals surface area contributed by atoms with E-state index in [0.29, 0.717) is 0 Å². The third-order valence-electron chi connectivity index (χ3n) is 0.429. The number of nitrogens with two attached hydrogens (primary N) is 1. The second kappa shape index (κ2) is 3.39. The van der Waals surface area contributed by atoms with Crippen molar-refractivity contribution in [3.8, 4) is 0 Å². The second-order valence-corrected chi connectivity index (χ2v) is 1.62. The van der Waals surface area contributed by atoms with Crippen LogP contribution in [0.5, 0.6) is 0 Å². The summed E-state index contributed by atoms with van der Waals surface area (Å²) in [6.07, 6.45) is 0. The van der Waals surface area contributed by atoms with Crippen LogP contribution in [0.25, 0.3) is 0 Å². The van der Waals surface area contributed by atoms with Crippen LogP contribution < -0.4 is 10.5 Å². The van der Waals surface area contributed by atoms with Crippen molar-refractivity contribution in [1.82, 2.24) is 4.72 Å². The molecule has 0 aliphatic carbocycles. The molecular formula is C2H6N3O2S-. The van der Waals surface area contributed by atoms with E-state index < -0.39 is 11.3 Å². The molecule has 0 bridgehead atoms. The summed E-state index contributed by atoms with van der Waals surface area (Å²) in [4.78, 5) is 3.32. The molecule has 0 saturated carbocycles. The third-order valence-corrected chi connectivity index (χ3v) is 0.805. The van der Waals surface area contributed by atoms with E-state index in [4.69, 9.17) is 5.73 Å². The van der Waals surface area contributed by atoms with Gasteiger partial charge in [0.25, 0.3) is 0 Å². The maximum atomic E-state index is 9.70. The SMILES string of the molecule is CN=C(N)NS(=O)[O-]. The van der Waals surface area contributed by atoms with E-state index in [1.165, 1.54) is 7.05 Å². The van der Waals surface area contributed by atoms with Crippen molar-refractivity contribution in [2.45, 2.75) is 0 Å². The van der Waals surface area contributed by atoms with Gasteiger partial charge in [-0.25, -0.2) is 0 Å². The second-order valence-electron chi connectivity index (χ2n) is 0.946. The predicted molar refractivity (Wildman–Crippen MR) is 29.6 cm³/mol. The zero-order valence-corrected chi connectivity index (χ0v) is 5.07. The Labute approximate surface area is 49.4 Å². The molecule has 0 spiro atoms. The summed E-state index contributed by atoms with van der Waals surface area (Å²) in [5.74, 6) is -0.113. The van der Waals surface area contributed by atoms with Gasteiger partial charge in [0.15, 0.2) is 5.96 Å². The lowest BCUT2D eigenvalue weighted by Crippen LogP contribution is -2.32. The van der Waals surface area contributed by atoms with Gasteiger partial charge < -0.3 is 10.3 Å². The van der Waals surface area contributed by atoms with Crippen molar-refractivity contribution in [2.75, 3.05) is 7.05 Å². The molecule has 0 aromatic heterocycles. The Kier molecular flexibility index (Phi) is 3.13. The molecule has 0 heterocycles. The first-order valence-corrected chi connectivity index (χ1v) is 2.82. The van der Waals surface area contributed by atoms with Crippen molar-refractivity contribution in [3.63, 3.8) is 0 Å². The molecule has 0 amide bonds. The fourth-order valence-electron chi connectivity index (χ4n) is 0.131. The van der Waals surface area contributed by atoms with Crippen LogP contribution in [0.2, 0.25) is 0 Å². The van der Waals surface area contributed by atoms with Crippen molar-refractivity contribution in [2.24, 2.45) is 10.7 Å². The predicted octanol–water partition coefficient (Wildman–Crippen LogP) is -1.69. The molecule has 0 saturated heterocycles. The summed E-state index contributed by atoms with van der Waals surface area (Å²) in [7, 11) is 1.38. The molecule has 3 N–H and O–H groups in total. The van der Waals surface area contributed by atoms with Crippen LogP contribution >= 0.6 is 0 Å². The van der Waals surface area contributed by atoms with E-state index in [2.05, 4.69) is 4.99 Å². The third kappa shape index (κ3) is 3.57.